The number of halogens is 1. The van der Waals surface area contributed by atoms with E-state index in [0.717, 1.165) is 55.0 Å². The van der Waals surface area contributed by atoms with Crippen LogP contribution in [-0.2, 0) is 15.9 Å². The van der Waals surface area contributed by atoms with Gasteiger partial charge in [0, 0.05) is 36.9 Å². The van der Waals surface area contributed by atoms with Crippen LogP contribution in [0.25, 0.3) is 22.6 Å². The number of unbranched alkanes of at least 4 members (excludes halogenated alkanes) is 1. The number of anilines is 1. The number of nitrogens with one attached hydrogen (secondary N) is 3. The van der Waals surface area contributed by atoms with Gasteiger partial charge in [0.25, 0.3) is 0 Å². The summed E-state index contributed by atoms with van der Waals surface area (Å²) < 4.78 is 26.2. The summed E-state index contributed by atoms with van der Waals surface area (Å²) in [6.45, 7) is 3.17. The molecule has 1 atom stereocenters. The Bertz CT molecular complexity index is 1250. The van der Waals surface area contributed by atoms with Crippen molar-refractivity contribution in [3.8, 4) is 22.6 Å². The highest BCUT2D eigenvalue weighted by atomic mass is 19.1. The second-order valence-electron chi connectivity index (χ2n) is 8.42. The van der Waals surface area contributed by atoms with Crippen molar-refractivity contribution in [1.29, 1.82) is 10.8 Å². The minimum atomic E-state index is -0.309. The van der Waals surface area contributed by atoms with E-state index in [1.165, 1.54) is 31.4 Å². The molecule has 1 aromatic carbocycles. The van der Waals surface area contributed by atoms with E-state index in [1.807, 2.05) is 6.07 Å². The second-order valence-corrected chi connectivity index (χ2v) is 8.42. The molecule has 36 heavy (non-hydrogen) atoms. The lowest BCUT2D eigenvalue weighted by Gasteiger charge is -2.18. The molecule has 188 valence electrons. The Labute approximate surface area is 209 Å². The van der Waals surface area contributed by atoms with E-state index in [0.29, 0.717) is 11.6 Å². The quantitative estimate of drug-likeness (QED) is 0.208. The van der Waals surface area contributed by atoms with Gasteiger partial charge in [-0.1, -0.05) is 13.3 Å². The predicted octanol–water partition coefficient (Wildman–Crippen LogP) is 5.02. The summed E-state index contributed by atoms with van der Waals surface area (Å²) in [5.74, 6) is 1.01. The summed E-state index contributed by atoms with van der Waals surface area (Å²) >= 11 is 0. The normalized spacial score (nSPS) is 14.6. The van der Waals surface area contributed by atoms with Crippen LogP contribution in [-0.4, -0.2) is 51.6 Å². The van der Waals surface area contributed by atoms with E-state index in [2.05, 4.69) is 21.8 Å². The summed E-state index contributed by atoms with van der Waals surface area (Å²) in [6, 6.07) is 8.06. The van der Waals surface area contributed by atoms with Crippen LogP contribution in [0.15, 0.2) is 48.7 Å². The van der Waals surface area contributed by atoms with Crippen LogP contribution in [0.2, 0.25) is 0 Å². The van der Waals surface area contributed by atoms with Crippen LogP contribution >= 0.6 is 0 Å². The van der Waals surface area contributed by atoms with Gasteiger partial charge in [-0.15, -0.1) is 0 Å². The molecule has 0 radical (unpaired) electrons. The summed E-state index contributed by atoms with van der Waals surface area (Å²) in [5, 5.41) is 18.8. The number of hydrogen-bond acceptors (Lipinski definition) is 8. The molecule has 9 nitrogen and oxygen atoms in total. The Morgan fingerprint density at radius 3 is 2.69 bits per heavy atom. The van der Waals surface area contributed by atoms with Gasteiger partial charge in [-0.3, -0.25) is 10.8 Å². The van der Waals surface area contributed by atoms with Crippen molar-refractivity contribution in [2.75, 3.05) is 25.6 Å². The smallest absolute Gasteiger partial charge is 0.223 e. The van der Waals surface area contributed by atoms with Gasteiger partial charge < -0.3 is 19.4 Å². The standard InChI is InChI=1S/C26H30FN7O2/c1-3-4-14-30-26-31-15-13-20(32-26)25-24(17-5-7-18(27)8-6-17)33-23-12-9-19(34(23)25)16-36-22(29)11-10-21(28)35-2/h5-8,10-11,13,15,19,28-29H,3-4,9,12,14,16H2,1-2H3,(H,30,31,32)/b11-10-,28-21?,29-22?. The predicted molar refractivity (Wildman–Crippen MR) is 137 cm³/mol. The van der Waals surface area contributed by atoms with Crippen LogP contribution in [0.4, 0.5) is 10.3 Å². The van der Waals surface area contributed by atoms with Crippen LogP contribution in [0, 0.1) is 16.6 Å². The van der Waals surface area contributed by atoms with Gasteiger partial charge >= 0.3 is 0 Å². The summed E-state index contributed by atoms with van der Waals surface area (Å²) in [5.41, 5.74) is 3.03. The highest BCUT2D eigenvalue weighted by molar-refractivity contribution is 5.94. The fourth-order valence-electron chi connectivity index (χ4n) is 4.09. The molecule has 3 aromatic rings. The largest absolute Gasteiger partial charge is 0.481 e. The molecule has 1 aliphatic heterocycles. The fraction of sp³-hybridized carbons (Fsp3) is 0.346. The van der Waals surface area contributed by atoms with E-state index in [9.17, 15) is 4.39 Å². The topological polar surface area (TPSA) is 122 Å². The molecule has 3 heterocycles. The molecule has 2 aromatic heterocycles. The second kappa shape index (κ2) is 11.6. The number of hydrogen-bond donors (Lipinski definition) is 3. The Kier molecular flexibility index (Phi) is 8.04. The molecule has 0 saturated carbocycles. The number of rotatable bonds is 10. The maximum Gasteiger partial charge on any atom is 0.223 e. The van der Waals surface area contributed by atoms with Gasteiger partial charge in [0.05, 0.1) is 30.2 Å². The summed E-state index contributed by atoms with van der Waals surface area (Å²) in [4.78, 5) is 14.0. The first-order valence-corrected chi connectivity index (χ1v) is 12.0. The minimum Gasteiger partial charge on any atom is -0.481 e. The number of methoxy groups -OCH3 is 1. The molecule has 4 rings (SSSR count). The number of aromatic nitrogens is 4. The molecule has 0 amide bonds. The number of ether oxygens (including phenoxy) is 2. The molecule has 0 spiro atoms. The number of aryl methyl sites for hydroxylation is 1. The number of benzene rings is 1. The molecule has 1 aliphatic rings. The van der Waals surface area contributed by atoms with Crippen LogP contribution < -0.4 is 5.32 Å². The van der Waals surface area contributed by atoms with Crippen molar-refractivity contribution >= 4 is 17.7 Å². The molecule has 3 N–H and O–H groups in total. The van der Waals surface area contributed by atoms with Crippen molar-refractivity contribution in [2.45, 2.75) is 38.6 Å². The Morgan fingerprint density at radius 2 is 1.94 bits per heavy atom. The highest BCUT2D eigenvalue weighted by Crippen LogP contribution is 2.39. The molecule has 10 heteroatoms. The maximum absolute atomic E-state index is 13.6. The zero-order valence-corrected chi connectivity index (χ0v) is 20.4. The Morgan fingerprint density at radius 1 is 1.17 bits per heavy atom. The lowest BCUT2D eigenvalue weighted by molar-refractivity contribution is 0.244. The molecular formula is C26H30FN7O2. The van der Waals surface area contributed by atoms with E-state index in [4.69, 9.17) is 30.3 Å². The average Bonchev–Trinajstić information content (AvgIpc) is 3.46. The van der Waals surface area contributed by atoms with Crippen molar-refractivity contribution in [3.63, 3.8) is 0 Å². The summed E-state index contributed by atoms with van der Waals surface area (Å²) in [6.07, 6.45) is 8.10. The molecule has 1 unspecified atom stereocenters. The molecular weight excluding hydrogens is 461 g/mol. The third-order valence-electron chi connectivity index (χ3n) is 5.92. The number of imidazole rings is 1. The molecule has 0 bridgehead atoms. The highest BCUT2D eigenvalue weighted by Gasteiger charge is 2.31. The van der Waals surface area contributed by atoms with Crippen molar-refractivity contribution in [1.82, 2.24) is 19.5 Å². The Hall–Kier alpha value is -4.08. The van der Waals surface area contributed by atoms with Gasteiger partial charge in [0.15, 0.2) is 0 Å². The van der Waals surface area contributed by atoms with Gasteiger partial charge in [-0.25, -0.2) is 19.3 Å². The van der Waals surface area contributed by atoms with Gasteiger partial charge in [0.2, 0.25) is 17.7 Å². The van der Waals surface area contributed by atoms with Crippen molar-refractivity contribution in [3.05, 3.63) is 60.3 Å². The van der Waals surface area contributed by atoms with Crippen LogP contribution in [0.3, 0.4) is 0 Å². The molecule has 0 aliphatic carbocycles. The fourth-order valence-corrected chi connectivity index (χ4v) is 4.09. The van der Waals surface area contributed by atoms with Crippen LogP contribution in [0.1, 0.15) is 38.1 Å². The first-order chi connectivity index (χ1) is 17.5. The molecule has 0 saturated heterocycles. The van der Waals surface area contributed by atoms with Gasteiger partial charge in [0.1, 0.15) is 18.2 Å². The summed E-state index contributed by atoms with van der Waals surface area (Å²) in [7, 11) is 1.40. The number of nitrogens with zero attached hydrogens (tertiary/aromatic N) is 4. The average molecular weight is 492 g/mol. The zero-order valence-electron chi connectivity index (χ0n) is 20.4. The first-order valence-electron chi connectivity index (χ1n) is 12.0. The minimum absolute atomic E-state index is 0.0561. The third-order valence-corrected chi connectivity index (χ3v) is 5.92. The monoisotopic (exact) mass is 491 g/mol. The lowest BCUT2D eigenvalue weighted by atomic mass is 10.1. The van der Waals surface area contributed by atoms with Gasteiger partial charge in [-0.05, 0) is 43.2 Å². The van der Waals surface area contributed by atoms with E-state index < -0.39 is 0 Å². The van der Waals surface area contributed by atoms with E-state index >= 15 is 0 Å². The van der Waals surface area contributed by atoms with Crippen LogP contribution in [0.5, 0.6) is 0 Å². The number of fused-ring (bicyclic) bond motifs is 1. The van der Waals surface area contributed by atoms with E-state index in [1.54, 1.807) is 18.3 Å². The molecule has 0 fully saturated rings. The Balaban J connectivity index is 1.67. The third kappa shape index (κ3) is 5.76. The van der Waals surface area contributed by atoms with Gasteiger partial charge in [-0.2, -0.15) is 0 Å². The van der Waals surface area contributed by atoms with Crippen molar-refractivity contribution in [2.24, 2.45) is 0 Å². The lowest BCUT2D eigenvalue weighted by Crippen LogP contribution is -2.16. The zero-order chi connectivity index (χ0) is 25.5. The SMILES string of the molecule is CCCCNc1nccc(-c2c(-c3ccc(F)cc3)nc3n2C(COC(=N)/C=C\C(=N)OC)CC3)n1. The maximum atomic E-state index is 13.6. The first kappa shape index (κ1) is 25.0. The van der Waals surface area contributed by atoms with E-state index in [-0.39, 0.29) is 30.3 Å². The van der Waals surface area contributed by atoms with Crippen molar-refractivity contribution < 1.29 is 13.9 Å².